The van der Waals surface area contributed by atoms with Gasteiger partial charge >= 0.3 is 0 Å². The predicted octanol–water partition coefficient (Wildman–Crippen LogP) is 3.59. The average molecular weight is 395 g/mol. The van der Waals surface area contributed by atoms with Crippen LogP contribution in [0.25, 0.3) is 0 Å². The van der Waals surface area contributed by atoms with Gasteiger partial charge in [0.25, 0.3) is 0 Å². The van der Waals surface area contributed by atoms with Crippen LogP contribution in [-0.4, -0.2) is 55.8 Å². The maximum absolute atomic E-state index is 12.8. The molecule has 1 unspecified atom stereocenters. The number of Topliss-reactive ketones (excluding diaryl/α,β-unsaturated/α-hetero) is 1. The highest BCUT2D eigenvalue weighted by Crippen LogP contribution is 2.40. The molecule has 0 radical (unpaired) electrons. The van der Waals surface area contributed by atoms with E-state index in [0.717, 1.165) is 57.3 Å². The smallest absolute Gasteiger partial charge is 0.145 e. The van der Waals surface area contributed by atoms with E-state index in [4.69, 9.17) is 4.74 Å². The average Bonchev–Trinajstić information content (AvgIpc) is 3.39. The van der Waals surface area contributed by atoms with Crippen molar-refractivity contribution in [3.8, 4) is 5.75 Å². The summed E-state index contributed by atoms with van der Waals surface area (Å²) < 4.78 is 5.87. The zero-order valence-electron chi connectivity index (χ0n) is 16.1. The number of thioether (sulfide) groups is 1. The van der Waals surface area contributed by atoms with Crippen LogP contribution in [0.2, 0.25) is 0 Å². The lowest BCUT2D eigenvalue weighted by molar-refractivity contribution is -0.120. The summed E-state index contributed by atoms with van der Waals surface area (Å²) in [6, 6.07) is 14.9. The minimum atomic E-state index is 0.0894. The van der Waals surface area contributed by atoms with Gasteiger partial charge < -0.3 is 9.64 Å². The molecule has 1 atom stereocenters. The molecule has 1 fully saturated rings. The summed E-state index contributed by atoms with van der Waals surface area (Å²) in [5.74, 6) is 2.48. The van der Waals surface area contributed by atoms with Crippen LogP contribution in [0.1, 0.15) is 23.5 Å². The molecule has 0 aliphatic carbocycles. The van der Waals surface area contributed by atoms with Crippen molar-refractivity contribution in [1.29, 1.82) is 0 Å². The number of hydrogen-bond donors (Lipinski definition) is 0. The number of fused-ring (bicyclic) bond motifs is 2. The molecule has 146 valence electrons. The lowest BCUT2D eigenvalue weighted by Crippen LogP contribution is -2.47. The number of carbonyl (C=O) groups is 1. The number of nitrogens with zero attached hydrogens (tertiary/aromatic N) is 2. The molecule has 2 aromatic rings. The fourth-order valence-corrected chi connectivity index (χ4v) is 5.79. The number of rotatable bonds is 5. The summed E-state index contributed by atoms with van der Waals surface area (Å²) in [4.78, 5) is 19.0. The van der Waals surface area contributed by atoms with Gasteiger partial charge in [0.2, 0.25) is 0 Å². The third-order valence-corrected chi connectivity index (χ3v) is 7.35. The first-order chi connectivity index (χ1) is 13.8. The minimum absolute atomic E-state index is 0.0894. The highest BCUT2D eigenvalue weighted by atomic mass is 32.2. The van der Waals surface area contributed by atoms with Crippen LogP contribution in [0, 0.1) is 0 Å². The van der Waals surface area contributed by atoms with Gasteiger partial charge in [-0.1, -0.05) is 30.3 Å². The van der Waals surface area contributed by atoms with Gasteiger partial charge in [0.15, 0.2) is 0 Å². The lowest BCUT2D eigenvalue weighted by Gasteiger charge is -2.36. The molecule has 1 saturated heterocycles. The number of piperazine rings is 1. The van der Waals surface area contributed by atoms with E-state index < -0.39 is 0 Å². The Morgan fingerprint density at radius 1 is 1.07 bits per heavy atom. The molecule has 2 aromatic carbocycles. The van der Waals surface area contributed by atoms with Crippen molar-refractivity contribution in [2.45, 2.75) is 23.7 Å². The molecule has 0 amide bonds. The maximum Gasteiger partial charge on any atom is 0.145 e. The van der Waals surface area contributed by atoms with Crippen LogP contribution in [0.15, 0.2) is 47.4 Å². The summed E-state index contributed by atoms with van der Waals surface area (Å²) in [5.41, 5.74) is 3.81. The van der Waals surface area contributed by atoms with Crippen molar-refractivity contribution in [3.05, 3.63) is 53.6 Å². The third kappa shape index (κ3) is 3.42. The Morgan fingerprint density at radius 2 is 1.93 bits per heavy atom. The van der Waals surface area contributed by atoms with Gasteiger partial charge in [0.1, 0.15) is 11.5 Å². The van der Waals surface area contributed by atoms with E-state index in [2.05, 4.69) is 46.2 Å². The summed E-state index contributed by atoms with van der Waals surface area (Å²) in [5, 5.41) is 0. The molecule has 3 aliphatic rings. The standard InChI is InChI=1S/C23H26N2O2S/c26-21(19-16-28-22-7-2-1-5-18(19)22)8-10-24-11-13-25(14-12-24)20-6-3-4-17-9-15-27-23(17)20/h1-7,19H,8-16H2. The summed E-state index contributed by atoms with van der Waals surface area (Å²) in [7, 11) is 0. The first-order valence-corrected chi connectivity index (χ1v) is 11.2. The van der Waals surface area contributed by atoms with Crippen LogP contribution in [0.5, 0.6) is 5.75 Å². The van der Waals surface area contributed by atoms with E-state index in [1.54, 1.807) is 0 Å². The monoisotopic (exact) mass is 394 g/mol. The first kappa shape index (κ1) is 18.1. The maximum atomic E-state index is 12.8. The van der Waals surface area contributed by atoms with Crippen molar-refractivity contribution < 1.29 is 9.53 Å². The van der Waals surface area contributed by atoms with Crippen molar-refractivity contribution in [3.63, 3.8) is 0 Å². The van der Waals surface area contributed by atoms with E-state index in [1.807, 2.05) is 17.8 Å². The Kier molecular flexibility index (Phi) is 5.03. The van der Waals surface area contributed by atoms with E-state index in [9.17, 15) is 4.79 Å². The Hall–Kier alpha value is -1.98. The van der Waals surface area contributed by atoms with Gasteiger partial charge in [-0.15, -0.1) is 11.8 Å². The van der Waals surface area contributed by atoms with E-state index in [1.165, 1.54) is 21.7 Å². The van der Waals surface area contributed by atoms with Gasteiger partial charge in [0, 0.05) is 56.2 Å². The van der Waals surface area contributed by atoms with Gasteiger partial charge in [-0.25, -0.2) is 0 Å². The normalized spacial score (nSPS) is 21.3. The highest BCUT2D eigenvalue weighted by Gasteiger charge is 2.29. The van der Waals surface area contributed by atoms with Crippen LogP contribution in [0.4, 0.5) is 5.69 Å². The lowest BCUT2D eigenvalue weighted by atomic mass is 9.95. The molecule has 5 rings (SSSR count). The van der Waals surface area contributed by atoms with E-state index >= 15 is 0 Å². The highest BCUT2D eigenvalue weighted by molar-refractivity contribution is 7.99. The number of hydrogen-bond acceptors (Lipinski definition) is 5. The molecule has 3 heterocycles. The van der Waals surface area contributed by atoms with Crippen LogP contribution >= 0.6 is 11.8 Å². The second-order valence-corrected chi connectivity index (χ2v) is 8.87. The Balaban J connectivity index is 1.15. The molecule has 0 N–H and O–H groups in total. The Morgan fingerprint density at radius 3 is 2.82 bits per heavy atom. The largest absolute Gasteiger partial charge is 0.491 e. The van der Waals surface area contributed by atoms with E-state index in [0.29, 0.717) is 12.2 Å². The molecule has 28 heavy (non-hydrogen) atoms. The van der Waals surface area contributed by atoms with Crippen molar-refractivity contribution in [1.82, 2.24) is 4.90 Å². The van der Waals surface area contributed by atoms with Gasteiger partial charge in [-0.05, 0) is 23.3 Å². The van der Waals surface area contributed by atoms with Crippen molar-refractivity contribution in [2.75, 3.05) is 50.0 Å². The fraction of sp³-hybridized carbons (Fsp3) is 0.435. The van der Waals surface area contributed by atoms with E-state index in [-0.39, 0.29) is 5.92 Å². The fourth-order valence-electron chi connectivity index (χ4n) is 4.53. The molecular formula is C23H26N2O2S. The number of para-hydroxylation sites is 1. The number of benzene rings is 2. The van der Waals surface area contributed by atoms with Gasteiger partial charge in [0.05, 0.1) is 18.2 Å². The summed E-state index contributed by atoms with van der Waals surface area (Å²) in [6.45, 7) is 5.68. The van der Waals surface area contributed by atoms with Crippen LogP contribution < -0.4 is 9.64 Å². The number of anilines is 1. The quantitative estimate of drug-likeness (QED) is 0.774. The third-order valence-electron chi connectivity index (χ3n) is 6.17. The van der Waals surface area contributed by atoms with Gasteiger partial charge in [-0.2, -0.15) is 0 Å². The summed E-state index contributed by atoms with van der Waals surface area (Å²) in [6.07, 6.45) is 1.68. The molecule has 0 bridgehead atoms. The molecule has 3 aliphatic heterocycles. The Bertz CT molecular complexity index is 877. The predicted molar refractivity (Wildman–Crippen MR) is 114 cm³/mol. The summed E-state index contributed by atoms with van der Waals surface area (Å²) >= 11 is 1.82. The minimum Gasteiger partial charge on any atom is -0.491 e. The topological polar surface area (TPSA) is 32.8 Å². The molecular weight excluding hydrogens is 368 g/mol. The van der Waals surface area contributed by atoms with Crippen molar-refractivity contribution >= 4 is 23.2 Å². The molecule has 5 heteroatoms. The van der Waals surface area contributed by atoms with Crippen LogP contribution in [-0.2, 0) is 11.2 Å². The second-order valence-electron chi connectivity index (χ2n) is 7.81. The molecule has 0 saturated carbocycles. The van der Waals surface area contributed by atoms with Gasteiger partial charge in [-0.3, -0.25) is 9.69 Å². The second kappa shape index (κ2) is 7.80. The Labute approximate surface area is 170 Å². The zero-order valence-corrected chi connectivity index (χ0v) is 16.9. The molecule has 0 aromatic heterocycles. The number of carbonyl (C=O) groups excluding carboxylic acids is 1. The zero-order chi connectivity index (χ0) is 18.9. The first-order valence-electron chi connectivity index (χ1n) is 10.3. The number of ether oxygens (including phenoxy) is 1. The number of ketones is 1. The SMILES string of the molecule is O=C(CCN1CCN(c2cccc3c2OCC3)CC1)C1CSc2ccccc21. The van der Waals surface area contributed by atoms with Crippen molar-refractivity contribution in [2.24, 2.45) is 0 Å². The van der Waals surface area contributed by atoms with Crippen LogP contribution in [0.3, 0.4) is 0 Å². The molecule has 4 nitrogen and oxygen atoms in total. The molecule has 0 spiro atoms.